The van der Waals surface area contributed by atoms with Gasteiger partial charge in [0.25, 0.3) is 0 Å². The Labute approximate surface area is 176 Å². The highest BCUT2D eigenvalue weighted by atomic mass is 16.6. The van der Waals surface area contributed by atoms with E-state index in [4.69, 9.17) is 4.74 Å². The van der Waals surface area contributed by atoms with Crippen LogP contribution in [0.4, 0.5) is 4.79 Å². The van der Waals surface area contributed by atoms with Gasteiger partial charge in [0, 0.05) is 23.6 Å². The average Bonchev–Trinajstić information content (AvgIpc) is 2.89. The Morgan fingerprint density at radius 2 is 1.45 bits per heavy atom. The third kappa shape index (κ3) is 4.51. The van der Waals surface area contributed by atoms with Gasteiger partial charge in [0.15, 0.2) is 5.78 Å². The minimum absolute atomic E-state index is 0.0106. The first kappa shape index (κ1) is 21.9. The molecule has 2 bridgehead atoms. The highest BCUT2D eigenvalue weighted by Gasteiger charge is 2.47. The van der Waals surface area contributed by atoms with Crippen LogP contribution in [0.25, 0.3) is 0 Å². The number of carbonyl (C=O) groups is 2. The fourth-order valence-electron chi connectivity index (χ4n) is 5.04. The summed E-state index contributed by atoms with van der Waals surface area (Å²) >= 11 is 0. The van der Waals surface area contributed by atoms with Crippen LogP contribution in [0.5, 0.6) is 0 Å². The van der Waals surface area contributed by atoms with Crippen LogP contribution in [0.15, 0.2) is 18.2 Å². The highest BCUT2D eigenvalue weighted by Crippen LogP contribution is 2.42. The van der Waals surface area contributed by atoms with Crippen molar-refractivity contribution in [3.8, 4) is 0 Å². The first-order valence-corrected chi connectivity index (χ1v) is 11.2. The molecule has 2 heterocycles. The van der Waals surface area contributed by atoms with Crippen molar-refractivity contribution in [2.45, 2.75) is 104 Å². The maximum Gasteiger partial charge on any atom is 0.410 e. The SMILES string of the molecule is CC(C)c1cccc(C(C)C)c1C(=O)C1CC2CCC(C1)N2C(=O)OC(C)(C)C. The summed E-state index contributed by atoms with van der Waals surface area (Å²) in [4.78, 5) is 28.4. The van der Waals surface area contributed by atoms with E-state index in [1.54, 1.807) is 0 Å². The molecule has 29 heavy (non-hydrogen) atoms. The summed E-state index contributed by atoms with van der Waals surface area (Å²) in [5, 5.41) is 0. The van der Waals surface area contributed by atoms with Crippen molar-refractivity contribution in [3.63, 3.8) is 0 Å². The molecule has 0 radical (unpaired) electrons. The summed E-state index contributed by atoms with van der Waals surface area (Å²) in [5.74, 6) is 0.889. The van der Waals surface area contributed by atoms with E-state index < -0.39 is 5.60 Å². The molecule has 2 aliphatic heterocycles. The van der Waals surface area contributed by atoms with Gasteiger partial charge in [-0.15, -0.1) is 0 Å². The summed E-state index contributed by atoms with van der Waals surface area (Å²) in [6.45, 7) is 14.3. The Kier molecular flexibility index (Phi) is 6.12. The molecule has 3 rings (SSSR count). The van der Waals surface area contributed by atoms with Crippen LogP contribution in [-0.4, -0.2) is 34.5 Å². The minimum Gasteiger partial charge on any atom is -0.444 e. The number of carbonyl (C=O) groups excluding carboxylic acids is 2. The lowest BCUT2D eigenvalue weighted by Crippen LogP contribution is -2.49. The molecule has 1 aromatic rings. The zero-order valence-corrected chi connectivity index (χ0v) is 19.1. The largest absolute Gasteiger partial charge is 0.444 e. The molecule has 0 aromatic heterocycles. The van der Waals surface area contributed by atoms with Crippen LogP contribution in [0.3, 0.4) is 0 Å². The average molecular weight is 400 g/mol. The van der Waals surface area contributed by atoms with Crippen LogP contribution in [0.2, 0.25) is 0 Å². The van der Waals surface area contributed by atoms with E-state index >= 15 is 0 Å². The van der Waals surface area contributed by atoms with E-state index in [1.807, 2.05) is 25.7 Å². The van der Waals surface area contributed by atoms with Gasteiger partial charge in [-0.3, -0.25) is 4.79 Å². The lowest BCUT2D eigenvalue weighted by molar-refractivity contribution is 0.00252. The van der Waals surface area contributed by atoms with Crippen molar-refractivity contribution >= 4 is 11.9 Å². The molecular weight excluding hydrogens is 362 g/mol. The molecule has 0 saturated carbocycles. The van der Waals surface area contributed by atoms with Gasteiger partial charge in [-0.2, -0.15) is 0 Å². The van der Waals surface area contributed by atoms with Crippen molar-refractivity contribution in [2.24, 2.45) is 5.92 Å². The molecule has 0 N–H and O–H groups in total. The summed E-state index contributed by atoms with van der Waals surface area (Å²) < 4.78 is 5.64. The summed E-state index contributed by atoms with van der Waals surface area (Å²) in [6.07, 6.45) is 3.21. The number of rotatable bonds is 4. The van der Waals surface area contributed by atoms with Gasteiger partial charge in [-0.1, -0.05) is 45.9 Å². The molecule has 0 aliphatic carbocycles. The van der Waals surface area contributed by atoms with Gasteiger partial charge < -0.3 is 9.64 Å². The number of ether oxygens (including phenoxy) is 1. The van der Waals surface area contributed by atoms with Gasteiger partial charge in [0.2, 0.25) is 0 Å². The van der Waals surface area contributed by atoms with Gasteiger partial charge in [0.05, 0.1) is 0 Å². The van der Waals surface area contributed by atoms with Gasteiger partial charge in [-0.25, -0.2) is 4.79 Å². The van der Waals surface area contributed by atoms with Crippen LogP contribution in [-0.2, 0) is 4.74 Å². The van der Waals surface area contributed by atoms with Crippen molar-refractivity contribution in [3.05, 3.63) is 34.9 Å². The fraction of sp³-hybridized carbons (Fsp3) is 0.680. The standard InChI is InChI=1S/C25H37NO3/c1-15(2)20-9-8-10-21(16(3)4)22(20)23(27)17-13-18-11-12-19(14-17)26(18)24(28)29-25(5,6)7/h8-10,15-19H,11-14H2,1-7H3. The molecule has 2 atom stereocenters. The second kappa shape index (κ2) is 8.12. The van der Waals surface area contributed by atoms with Crippen molar-refractivity contribution < 1.29 is 14.3 Å². The second-order valence-electron chi connectivity index (χ2n) is 10.4. The number of amides is 1. The topological polar surface area (TPSA) is 46.6 Å². The van der Waals surface area contributed by atoms with Crippen molar-refractivity contribution in [1.29, 1.82) is 0 Å². The number of fused-ring (bicyclic) bond motifs is 2. The smallest absolute Gasteiger partial charge is 0.410 e. The fourth-order valence-corrected chi connectivity index (χ4v) is 5.04. The lowest BCUT2D eigenvalue weighted by atomic mass is 9.79. The first-order chi connectivity index (χ1) is 13.5. The maximum atomic E-state index is 13.7. The van der Waals surface area contributed by atoms with E-state index in [0.29, 0.717) is 11.8 Å². The van der Waals surface area contributed by atoms with Crippen LogP contribution in [0, 0.1) is 5.92 Å². The third-order valence-electron chi connectivity index (χ3n) is 6.33. The number of hydrogen-bond acceptors (Lipinski definition) is 3. The predicted molar refractivity (Wildman–Crippen MR) is 117 cm³/mol. The number of ketones is 1. The summed E-state index contributed by atoms with van der Waals surface area (Å²) in [6, 6.07) is 6.52. The van der Waals surface area contributed by atoms with E-state index in [2.05, 4.69) is 45.9 Å². The maximum absolute atomic E-state index is 13.7. The van der Waals surface area contributed by atoms with E-state index in [0.717, 1.165) is 42.4 Å². The minimum atomic E-state index is -0.494. The van der Waals surface area contributed by atoms with Crippen LogP contribution in [0.1, 0.15) is 107 Å². The zero-order chi connectivity index (χ0) is 21.5. The monoisotopic (exact) mass is 399 g/mol. The molecule has 2 saturated heterocycles. The predicted octanol–water partition coefficient (Wildman–Crippen LogP) is 6.29. The molecule has 2 aliphatic rings. The second-order valence-corrected chi connectivity index (χ2v) is 10.4. The molecule has 0 spiro atoms. The molecule has 4 heteroatoms. The number of nitrogens with zero attached hydrogens (tertiary/aromatic N) is 1. The summed E-state index contributed by atoms with van der Waals surface area (Å²) in [5.41, 5.74) is 2.75. The zero-order valence-electron chi connectivity index (χ0n) is 19.1. The number of hydrogen-bond donors (Lipinski definition) is 0. The summed E-state index contributed by atoms with van der Waals surface area (Å²) in [7, 11) is 0. The Morgan fingerprint density at radius 1 is 0.966 bits per heavy atom. The molecule has 2 fully saturated rings. The molecular formula is C25H37NO3. The first-order valence-electron chi connectivity index (χ1n) is 11.2. The number of benzene rings is 1. The Bertz CT molecular complexity index is 735. The Balaban J connectivity index is 1.85. The van der Waals surface area contributed by atoms with Crippen molar-refractivity contribution in [2.75, 3.05) is 0 Å². The van der Waals surface area contributed by atoms with Gasteiger partial charge >= 0.3 is 6.09 Å². The molecule has 1 aromatic carbocycles. The van der Waals surface area contributed by atoms with E-state index in [9.17, 15) is 9.59 Å². The quantitative estimate of drug-likeness (QED) is 0.559. The van der Waals surface area contributed by atoms with Gasteiger partial charge in [0.1, 0.15) is 5.60 Å². The lowest BCUT2D eigenvalue weighted by Gasteiger charge is -2.39. The molecule has 2 unspecified atom stereocenters. The van der Waals surface area contributed by atoms with Crippen LogP contribution < -0.4 is 0 Å². The molecule has 4 nitrogen and oxygen atoms in total. The van der Waals surface area contributed by atoms with E-state index in [1.165, 1.54) is 0 Å². The Morgan fingerprint density at radius 3 is 1.86 bits per heavy atom. The molecule has 1 amide bonds. The normalized spacial score (nSPS) is 24.3. The number of piperidine rings is 1. The van der Waals surface area contributed by atoms with Gasteiger partial charge in [-0.05, 0) is 69.4 Å². The van der Waals surface area contributed by atoms with Crippen LogP contribution >= 0.6 is 0 Å². The molecule has 160 valence electrons. The van der Waals surface area contributed by atoms with Crippen molar-refractivity contribution in [1.82, 2.24) is 4.90 Å². The Hall–Kier alpha value is -1.84. The van der Waals surface area contributed by atoms with E-state index in [-0.39, 0.29) is 29.9 Å². The highest BCUT2D eigenvalue weighted by molar-refractivity contribution is 6.01. The number of Topliss-reactive ketones (excluding diaryl/α,β-unsaturated/α-hetero) is 1. The third-order valence-corrected chi connectivity index (χ3v) is 6.33.